The van der Waals surface area contributed by atoms with Crippen molar-refractivity contribution >= 4 is 39.8 Å². The van der Waals surface area contributed by atoms with Crippen molar-refractivity contribution < 1.29 is 9.53 Å². The first-order chi connectivity index (χ1) is 10.6. The number of thioether (sulfide) groups is 1. The lowest BCUT2D eigenvalue weighted by atomic mass is 10.3. The molecule has 2 N–H and O–H groups in total. The maximum absolute atomic E-state index is 12.2. The van der Waals surface area contributed by atoms with Gasteiger partial charge < -0.3 is 15.4 Å². The smallest absolute Gasteiger partial charge is 0.237 e. The van der Waals surface area contributed by atoms with E-state index in [-0.39, 0.29) is 11.2 Å². The number of nitrogens with one attached hydrogen (secondary N) is 2. The zero-order valence-corrected chi connectivity index (χ0v) is 14.3. The van der Waals surface area contributed by atoms with Crippen LogP contribution in [-0.2, 0) is 4.79 Å². The molecule has 0 saturated carbocycles. The number of hydrogen-bond donors (Lipinski definition) is 2. The number of carbonyl (C=O) groups excluding carboxylic acids is 1. The summed E-state index contributed by atoms with van der Waals surface area (Å²) in [4.78, 5) is 12.2. The number of aromatic nitrogens is 2. The maximum atomic E-state index is 12.2. The van der Waals surface area contributed by atoms with Crippen LogP contribution in [0.3, 0.4) is 0 Å². The van der Waals surface area contributed by atoms with Crippen molar-refractivity contribution in [2.24, 2.45) is 0 Å². The molecule has 0 fully saturated rings. The molecule has 1 aromatic carbocycles. The molecule has 0 radical (unpaired) electrons. The molecule has 0 saturated heterocycles. The van der Waals surface area contributed by atoms with E-state index in [2.05, 4.69) is 20.8 Å². The molecule has 0 aliphatic heterocycles. The van der Waals surface area contributed by atoms with Crippen molar-refractivity contribution in [2.45, 2.75) is 23.4 Å². The first-order valence-electron chi connectivity index (χ1n) is 6.84. The van der Waals surface area contributed by atoms with Crippen molar-refractivity contribution in [3.63, 3.8) is 0 Å². The molecule has 6 nitrogen and oxygen atoms in total. The van der Waals surface area contributed by atoms with Gasteiger partial charge >= 0.3 is 0 Å². The van der Waals surface area contributed by atoms with Crippen LogP contribution in [0.15, 0.2) is 28.6 Å². The molecule has 22 heavy (non-hydrogen) atoms. The number of rotatable bonds is 7. The monoisotopic (exact) mass is 338 g/mol. The van der Waals surface area contributed by atoms with Crippen LogP contribution in [0.1, 0.15) is 13.8 Å². The van der Waals surface area contributed by atoms with E-state index in [9.17, 15) is 4.79 Å². The van der Waals surface area contributed by atoms with Crippen LogP contribution >= 0.6 is 23.1 Å². The van der Waals surface area contributed by atoms with Crippen LogP contribution in [0, 0.1) is 0 Å². The lowest BCUT2D eigenvalue weighted by molar-refractivity contribution is -0.115. The van der Waals surface area contributed by atoms with E-state index in [1.54, 1.807) is 7.05 Å². The van der Waals surface area contributed by atoms with E-state index in [4.69, 9.17) is 4.74 Å². The topological polar surface area (TPSA) is 76.1 Å². The van der Waals surface area contributed by atoms with Crippen molar-refractivity contribution in [1.82, 2.24) is 10.2 Å². The predicted octanol–water partition coefficient (Wildman–Crippen LogP) is 3.10. The van der Waals surface area contributed by atoms with E-state index < -0.39 is 0 Å². The van der Waals surface area contributed by atoms with Gasteiger partial charge in [-0.25, -0.2) is 0 Å². The molecule has 2 aromatic rings. The molecule has 1 heterocycles. The van der Waals surface area contributed by atoms with E-state index in [0.29, 0.717) is 6.61 Å². The SMILES string of the molecule is CCOc1ccc(NC(=O)[C@H](C)Sc2nnc(NC)s2)cc1. The third kappa shape index (κ3) is 4.60. The molecule has 0 aliphatic carbocycles. The van der Waals surface area contributed by atoms with Gasteiger partial charge in [0.15, 0.2) is 4.34 Å². The highest BCUT2D eigenvalue weighted by Gasteiger charge is 2.17. The van der Waals surface area contributed by atoms with Crippen molar-refractivity contribution in [3.05, 3.63) is 24.3 Å². The second-order valence-corrected chi connectivity index (χ2v) is 6.90. The van der Waals surface area contributed by atoms with E-state index in [1.165, 1.54) is 23.1 Å². The molecule has 8 heteroatoms. The van der Waals surface area contributed by atoms with Gasteiger partial charge in [0.2, 0.25) is 11.0 Å². The van der Waals surface area contributed by atoms with Crippen molar-refractivity contribution in [1.29, 1.82) is 0 Å². The van der Waals surface area contributed by atoms with Crippen LogP contribution in [0.4, 0.5) is 10.8 Å². The number of amides is 1. The van der Waals surface area contributed by atoms with E-state index in [1.807, 2.05) is 38.1 Å². The molecule has 118 valence electrons. The van der Waals surface area contributed by atoms with Crippen LogP contribution in [-0.4, -0.2) is 35.0 Å². The summed E-state index contributed by atoms with van der Waals surface area (Å²) in [5.74, 6) is 0.715. The summed E-state index contributed by atoms with van der Waals surface area (Å²) in [5, 5.41) is 14.2. The third-order valence-corrected chi connectivity index (χ3v) is 4.82. The second-order valence-electron chi connectivity index (χ2n) is 4.33. The first-order valence-corrected chi connectivity index (χ1v) is 8.53. The van der Waals surface area contributed by atoms with E-state index >= 15 is 0 Å². The Morgan fingerprint density at radius 1 is 1.36 bits per heavy atom. The summed E-state index contributed by atoms with van der Waals surface area (Å²) < 4.78 is 6.13. The van der Waals surface area contributed by atoms with Gasteiger partial charge in [0.05, 0.1) is 11.9 Å². The van der Waals surface area contributed by atoms with Crippen molar-refractivity contribution in [2.75, 3.05) is 24.3 Å². The van der Waals surface area contributed by atoms with Gasteiger partial charge in [-0.2, -0.15) is 0 Å². The fourth-order valence-electron chi connectivity index (χ4n) is 1.61. The Balaban J connectivity index is 1.90. The molecule has 0 unspecified atom stereocenters. The number of hydrogen-bond acceptors (Lipinski definition) is 7. The highest BCUT2D eigenvalue weighted by molar-refractivity contribution is 8.02. The van der Waals surface area contributed by atoms with Gasteiger partial charge in [0, 0.05) is 12.7 Å². The number of anilines is 2. The summed E-state index contributed by atoms with van der Waals surface area (Å²) in [5.41, 5.74) is 0.745. The zero-order chi connectivity index (χ0) is 15.9. The lowest BCUT2D eigenvalue weighted by Crippen LogP contribution is -2.22. The molecule has 1 aromatic heterocycles. The third-order valence-electron chi connectivity index (χ3n) is 2.70. The molecular weight excluding hydrogens is 320 g/mol. The Morgan fingerprint density at radius 2 is 2.09 bits per heavy atom. The Bertz CT molecular complexity index is 616. The molecule has 1 atom stereocenters. The highest BCUT2D eigenvalue weighted by atomic mass is 32.2. The fourth-order valence-corrected chi connectivity index (χ4v) is 3.46. The van der Waals surface area contributed by atoms with E-state index in [0.717, 1.165) is 20.9 Å². The minimum atomic E-state index is -0.260. The minimum absolute atomic E-state index is 0.0737. The Kier molecular flexibility index (Phi) is 6.02. The summed E-state index contributed by atoms with van der Waals surface area (Å²) in [6.07, 6.45) is 0. The van der Waals surface area contributed by atoms with Gasteiger partial charge in [-0.05, 0) is 38.1 Å². The normalized spacial score (nSPS) is 11.8. The van der Waals surface area contributed by atoms with Gasteiger partial charge in [0.1, 0.15) is 5.75 Å². The zero-order valence-electron chi connectivity index (χ0n) is 12.6. The maximum Gasteiger partial charge on any atom is 0.237 e. The van der Waals surface area contributed by atoms with Gasteiger partial charge in [-0.15, -0.1) is 10.2 Å². The lowest BCUT2D eigenvalue weighted by Gasteiger charge is -2.11. The number of nitrogens with zero attached hydrogens (tertiary/aromatic N) is 2. The molecule has 2 rings (SSSR count). The molecular formula is C14H18N4O2S2. The van der Waals surface area contributed by atoms with Gasteiger partial charge in [-0.3, -0.25) is 4.79 Å². The quantitative estimate of drug-likeness (QED) is 0.756. The fraction of sp³-hybridized carbons (Fsp3) is 0.357. The average Bonchev–Trinajstić information content (AvgIpc) is 2.97. The summed E-state index contributed by atoms with van der Waals surface area (Å²) in [7, 11) is 1.79. The van der Waals surface area contributed by atoms with Gasteiger partial charge in [0.25, 0.3) is 0 Å². The van der Waals surface area contributed by atoms with Crippen LogP contribution in [0.25, 0.3) is 0 Å². The number of carbonyl (C=O) groups is 1. The largest absolute Gasteiger partial charge is 0.494 e. The Morgan fingerprint density at radius 3 is 2.68 bits per heavy atom. The van der Waals surface area contributed by atoms with Crippen LogP contribution in [0.5, 0.6) is 5.75 Å². The Labute approximate surface area is 137 Å². The number of benzene rings is 1. The standard InChI is InChI=1S/C14H18N4O2S2/c1-4-20-11-7-5-10(6-8-11)16-12(19)9(2)21-14-18-17-13(15-3)22-14/h5-9H,4H2,1-3H3,(H,15,17)(H,16,19)/t9-/m0/s1. The van der Waals surface area contributed by atoms with Crippen LogP contribution in [0.2, 0.25) is 0 Å². The second kappa shape index (κ2) is 8.00. The molecule has 0 bridgehead atoms. The summed E-state index contributed by atoms with van der Waals surface area (Å²) in [6, 6.07) is 7.32. The van der Waals surface area contributed by atoms with Crippen LogP contribution < -0.4 is 15.4 Å². The molecule has 0 spiro atoms. The average molecular weight is 338 g/mol. The highest BCUT2D eigenvalue weighted by Crippen LogP contribution is 2.29. The summed E-state index contributed by atoms with van der Waals surface area (Å²) >= 11 is 2.81. The minimum Gasteiger partial charge on any atom is -0.494 e. The van der Waals surface area contributed by atoms with Gasteiger partial charge in [-0.1, -0.05) is 23.1 Å². The summed E-state index contributed by atoms with van der Waals surface area (Å²) in [6.45, 7) is 4.40. The Hall–Kier alpha value is -1.80. The predicted molar refractivity (Wildman–Crippen MR) is 91.0 cm³/mol. The molecule has 1 amide bonds. The molecule has 0 aliphatic rings. The van der Waals surface area contributed by atoms with Crippen molar-refractivity contribution in [3.8, 4) is 5.75 Å². The first kappa shape index (κ1) is 16.6. The number of ether oxygens (including phenoxy) is 1.